The number of hydrogen-bond donors (Lipinski definition) is 1. The number of nitrogens with zero attached hydrogens (tertiary/aromatic N) is 2. The van der Waals surface area contributed by atoms with Gasteiger partial charge in [-0.25, -0.2) is 0 Å². The van der Waals surface area contributed by atoms with Gasteiger partial charge in [-0.3, -0.25) is 9.89 Å². The minimum atomic E-state index is -2.89. The number of piperidine rings is 1. The smallest absolute Gasteiger partial charge is 0.387 e. The fourth-order valence-corrected chi connectivity index (χ4v) is 3.63. The molecule has 4 rings (SSSR count). The first kappa shape index (κ1) is 16.1. The third-order valence-corrected chi connectivity index (χ3v) is 5.12. The molecule has 132 valence electrons. The molecule has 1 aromatic heterocycles. The van der Waals surface area contributed by atoms with E-state index < -0.39 is 6.61 Å². The van der Waals surface area contributed by atoms with Gasteiger partial charge in [0, 0.05) is 18.7 Å². The van der Waals surface area contributed by atoms with E-state index in [1.165, 1.54) is 37.6 Å². The maximum Gasteiger partial charge on any atom is 0.387 e. The molecular formula is C18H19F2N3O2. The normalized spacial score (nSPS) is 18.6. The Hall–Kier alpha value is -2.44. The Morgan fingerprint density at radius 3 is 2.92 bits per heavy atom. The SMILES string of the molecule is O=C(c1cn[nH]c1-c1cccc(OC(F)F)c1)N1CCCC2(CC2)C1. The van der Waals surface area contributed by atoms with Gasteiger partial charge in [0.1, 0.15) is 5.75 Å². The zero-order valence-electron chi connectivity index (χ0n) is 13.7. The molecule has 1 aromatic carbocycles. The highest BCUT2D eigenvalue weighted by atomic mass is 19.3. The van der Waals surface area contributed by atoms with E-state index in [2.05, 4.69) is 14.9 Å². The van der Waals surface area contributed by atoms with Crippen molar-refractivity contribution in [2.75, 3.05) is 13.1 Å². The molecular weight excluding hydrogens is 328 g/mol. The van der Waals surface area contributed by atoms with Gasteiger partial charge in [-0.1, -0.05) is 12.1 Å². The van der Waals surface area contributed by atoms with Crippen LogP contribution in [0.15, 0.2) is 30.5 Å². The molecule has 0 unspecified atom stereocenters. The highest BCUT2D eigenvalue weighted by molar-refractivity contribution is 5.99. The van der Waals surface area contributed by atoms with Crippen molar-refractivity contribution >= 4 is 5.91 Å². The fraction of sp³-hybridized carbons (Fsp3) is 0.444. The molecule has 1 aliphatic carbocycles. The number of amides is 1. The summed E-state index contributed by atoms with van der Waals surface area (Å²) in [7, 11) is 0. The zero-order chi connectivity index (χ0) is 17.4. The highest BCUT2D eigenvalue weighted by Crippen LogP contribution is 2.52. The van der Waals surface area contributed by atoms with Crippen LogP contribution in [0.25, 0.3) is 11.3 Å². The minimum Gasteiger partial charge on any atom is -0.435 e. The van der Waals surface area contributed by atoms with E-state index in [-0.39, 0.29) is 11.7 Å². The molecule has 2 aromatic rings. The standard InChI is InChI=1S/C18H19F2N3O2/c19-17(20)25-13-4-1-3-12(9-13)15-14(10-21-22-15)16(24)23-8-2-5-18(11-23)6-7-18/h1,3-4,9-10,17H,2,5-8,11H2,(H,21,22). The number of alkyl halides is 2. The predicted molar refractivity (Wildman–Crippen MR) is 87.5 cm³/mol. The summed E-state index contributed by atoms with van der Waals surface area (Å²) in [5, 5.41) is 6.81. The van der Waals surface area contributed by atoms with E-state index in [0.29, 0.717) is 22.2 Å². The number of hydrogen-bond acceptors (Lipinski definition) is 3. The summed E-state index contributed by atoms with van der Waals surface area (Å²) in [4.78, 5) is 14.8. The number of ether oxygens (including phenoxy) is 1. The summed E-state index contributed by atoms with van der Waals surface area (Å²) >= 11 is 0. The molecule has 1 saturated carbocycles. The molecule has 0 atom stereocenters. The number of aromatic amines is 1. The maximum absolute atomic E-state index is 12.9. The summed E-state index contributed by atoms with van der Waals surface area (Å²) < 4.78 is 29.3. The molecule has 5 nitrogen and oxygen atoms in total. The van der Waals surface area contributed by atoms with Crippen LogP contribution in [0.2, 0.25) is 0 Å². The third-order valence-electron chi connectivity index (χ3n) is 5.12. The summed E-state index contributed by atoms with van der Waals surface area (Å²) in [6, 6.07) is 6.29. The van der Waals surface area contributed by atoms with Gasteiger partial charge in [-0.2, -0.15) is 13.9 Å². The second kappa shape index (κ2) is 6.13. The molecule has 0 radical (unpaired) electrons. The van der Waals surface area contributed by atoms with Crippen LogP contribution in [0.4, 0.5) is 8.78 Å². The highest BCUT2D eigenvalue weighted by Gasteiger charge is 2.46. The average Bonchev–Trinajstić information content (AvgIpc) is 3.15. The lowest BCUT2D eigenvalue weighted by Gasteiger charge is -2.33. The Morgan fingerprint density at radius 1 is 1.32 bits per heavy atom. The number of likely N-dealkylation sites (tertiary alicyclic amines) is 1. The van der Waals surface area contributed by atoms with Gasteiger partial charge in [0.15, 0.2) is 0 Å². The lowest BCUT2D eigenvalue weighted by Crippen LogP contribution is -2.40. The Morgan fingerprint density at radius 2 is 2.16 bits per heavy atom. The fourth-order valence-electron chi connectivity index (χ4n) is 3.63. The first-order chi connectivity index (χ1) is 12.1. The van der Waals surface area contributed by atoms with Crippen LogP contribution in [-0.4, -0.2) is 40.7 Å². The van der Waals surface area contributed by atoms with Gasteiger partial charge in [0.2, 0.25) is 0 Å². The molecule has 2 aliphatic rings. The van der Waals surface area contributed by atoms with Gasteiger partial charge < -0.3 is 9.64 Å². The number of benzene rings is 1. The molecule has 2 fully saturated rings. The van der Waals surface area contributed by atoms with E-state index in [1.54, 1.807) is 12.1 Å². The molecule has 2 heterocycles. The number of halogens is 2. The van der Waals surface area contributed by atoms with E-state index in [9.17, 15) is 13.6 Å². The van der Waals surface area contributed by atoms with Crippen molar-refractivity contribution in [1.29, 1.82) is 0 Å². The van der Waals surface area contributed by atoms with Crippen LogP contribution in [-0.2, 0) is 0 Å². The zero-order valence-corrected chi connectivity index (χ0v) is 13.7. The number of rotatable bonds is 4. The van der Waals surface area contributed by atoms with Crippen molar-refractivity contribution in [3.8, 4) is 17.0 Å². The van der Waals surface area contributed by atoms with Gasteiger partial charge in [0.25, 0.3) is 5.91 Å². The summed E-state index contributed by atoms with van der Waals surface area (Å²) in [5.74, 6) is -0.00897. The van der Waals surface area contributed by atoms with E-state index in [4.69, 9.17) is 0 Å². The van der Waals surface area contributed by atoms with Crippen molar-refractivity contribution < 1.29 is 18.3 Å². The van der Waals surface area contributed by atoms with Gasteiger partial charge in [-0.15, -0.1) is 0 Å². The maximum atomic E-state index is 12.9. The van der Waals surface area contributed by atoms with E-state index in [1.807, 2.05) is 4.90 Å². The quantitative estimate of drug-likeness (QED) is 0.918. The van der Waals surface area contributed by atoms with Crippen molar-refractivity contribution in [1.82, 2.24) is 15.1 Å². The monoisotopic (exact) mass is 347 g/mol. The second-order valence-corrected chi connectivity index (χ2v) is 6.90. The Labute approximate surface area is 144 Å². The Kier molecular flexibility index (Phi) is 3.94. The van der Waals surface area contributed by atoms with E-state index in [0.717, 1.165) is 19.5 Å². The van der Waals surface area contributed by atoms with Gasteiger partial charge in [-0.05, 0) is 43.2 Å². The Balaban J connectivity index is 1.59. The molecule has 0 bridgehead atoms. The first-order valence-electron chi connectivity index (χ1n) is 8.44. The van der Waals surface area contributed by atoms with Crippen LogP contribution in [0.5, 0.6) is 5.75 Å². The number of aromatic nitrogens is 2. The Bertz CT molecular complexity index is 786. The topological polar surface area (TPSA) is 58.2 Å². The number of H-pyrrole nitrogens is 1. The van der Waals surface area contributed by atoms with Crippen molar-refractivity contribution in [2.45, 2.75) is 32.3 Å². The summed E-state index contributed by atoms with van der Waals surface area (Å²) in [5.41, 5.74) is 1.92. The molecule has 1 N–H and O–H groups in total. The van der Waals surface area contributed by atoms with E-state index >= 15 is 0 Å². The van der Waals surface area contributed by atoms with Crippen LogP contribution in [0, 0.1) is 5.41 Å². The molecule has 25 heavy (non-hydrogen) atoms. The van der Waals surface area contributed by atoms with Crippen molar-refractivity contribution in [3.05, 3.63) is 36.0 Å². The van der Waals surface area contributed by atoms with Crippen LogP contribution in [0.1, 0.15) is 36.0 Å². The average molecular weight is 347 g/mol. The predicted octanol–water partition coefficient (Wildman–Crippen LogP) is 3.69. The van der Waals surface area contributed by atoms with Gasteiger partial charge in [0.05, 0.1) is 17.5 Å². The molecule has 1 amide bonds. The van der Waals surface area contributed by atoms with Crippen LogP contribution < -0.4 is 4.74 Å². The minimum absolute atomic E-state index is 0.0513. The van der Waals surface area contributed by atoms with Crippen LogP contribution in [0.3, 0.4) is 0 Å². The third kappa shape index (κ3) is 3.23. The summed E-state index contributed by atoms with van der Waals surface area (Å²) in [6.45, 7) is -1.34. The number of carbonyl (C=O) groups excluding carboxylic acids is 1. The number of nitrogens with one attached hydrogen (secondary N) is 1. The first-order valence-corrected chi connectivity index (χ1v) is 8.44. The number of carbonyl (C=O) groups is 1. The van der Waals surface area contributed by atoms with Crippen molar-refractivity contribution in [2.24, 2.45) is 5.41 Å². The van der Waals surface area contributed by atoms with Gasteiger partial charge >= 0.3 is 6.61 Å². The molecule has 1 aliphatic heterocycles. The van der Waals surface area contributed by atoms with Crippen LogP contribution >= 0.6 is 0 Å². The molecule has 7 heteroatoms. The molecule has 1 saturated heterocycles. The van der Waals surface area contributed by atoms with Crippen molar-refractivity contribution in [3.63, 3.8) is 0 Å². The lowest BCUT2D eigenvalue weighted by molar-refractivity contribution is -0.0498. The lowest BCUT2D eigenvalue weighted by atomic mass is 9.94. The summed E-state index contributed by atoms with van der Waals surface area (Å²) in [6.07, 6.45) is 6.12. The molecule has 1 spiro atoms. The second-order valence-electron chi connectivity index (χ2n) is 6.90. The largest absolute Gasteiger partial charge is 0.435 e.